The molecule has 0 saturated carbocycles. The molecule has 0 saturated heterocycles. The Balaban J connectivity index is 2.62. The monoisotopic (exact) mass is 291 g/mol. The van der Waals surface area contributed by atoms with Crippen LogP contribution in [0.2, 0.25) is 0 Å². The van der Waals surface area contributed by atoms with Crippen LogP contribution in [-0.4, -0.2) is 22.5 Å². The molecule has 2 N–H and O–H groups in total. The van der Waals surface area contributed by atoms with Crippen molar-refractivity contribution in [2.45, 2.75) is 18.2 Å². The summed E-state index contributed by atoms with van der Waals surface area (Å²) in [5.74, 6) is 0. The molecule has 0 aliphatic rings. The van der Waals surface area contributed by atoms with E-state index in [2.05, 4.69) is 20.7 Å². The van der Waals surface area contributed by atoms with Crippen LogP contribution in [0.4, 0.5) is 0 Å². The molecule has 0 bridgehead atoms. The fourth-order valence-corrected chi connectivity index (χ4v) is 2.46. The Morgan fingerprint density at radius 2 is 2.27 bits per heavy atom. The Bertz CT molecular complexity index is 357. The summed E-state index contributed by atoms with van der Waals surface area (Å²) in [5.41, 5.74) is 1.12. The van der Waals surface area contributed by atoms with Crippen LogP contribution in [0.15, 0.2) is 27.6 Å². The standard InChI is InChI=1S/C10H14BrNO2S/c1-8-3-4-9(7-10(8)11)15(14)12-5-2-6-13/h3-4,7,12-13H,2,5-6H2,1H3. The Hall–Kier alpha value is -0.230. The molecule has 0 fully saturated rings. The summed E-state index contributed by atoms with van der Waals surface area (Å²) in [7, 11) is -1.19. The highest BCUT2D eigenvalue weighted by atomic mass is 79.9. The number of hydrogen-bond acceptors (Lipinski definition) is 2. The van der Waals surface area contributed by atoms with Crippen LogP contribution in [0.5, 0.6) is 0 Å². The van der Waals surface area contributed by atoms with Crippen molar-refractivity contribution in [3.05, 3.63) is 28.2 Å². The largest absolute Gasteiger partial charge is 0.396 e. The second kappa shape index (κ2) is 6.37. The van der Waals surface area contributed by atoms with Crippen molar-refractivity contribution in [3.8, 4) is 0 Å². The number of benzene rings is 1. The van der Waals surface area contributed by atoms with Gasteiger partial charge >= 0.3 is 0 Å². The number of aliphatic hydroxyl groups is 1. The normalized spacial score (nSPS) is 12.7. The second-order valence-corrected chi connectivity index (χ2v) is 5.30. The summed E-state index contributed by atoms with van der Waals surface area (Å²) in [6.45, 7) is 2.65. The van der Waals surface area contributed by atoms with Gasteiger partial charge in [0.2, 0.25) is 0 Å². The molecule has 1 unspecified atom stereocenters. The van der Waals surface area contributed by atoms with Gasteiger partial charge in [0, 0.05) is 17.6 Å². The van der Waals surface area contributed by atoms with Crippen LogP contribution >= 0.6 is 15.9 Å². The molecule has 3 nitrogen and oxygen atoms in total. The topological polar surface area (TPSA) is 49.3 Å². The maximum absolute atomic E-state index is 11.7. The molecule has 1 rings (SSSR count). The molecule has 0 amide bonds. The molecule has 1 aromatic carbocycles. The highest BCUT2D eigenvalue weighted by Crippen LogP contribution is 2.18. The van der Waals surface area contributed by atoms with Gasteiger partial charge in [-0.1, -0.05) is 22.0 Å². The van der Waals surface area contributed by atoms with Crippen molar-refractivity contribution in [2.75, 3.05) is 13.2 Å². The summed E-state index contributed by atoms with van der Waals surface area (Å²) in [6, 6.07) is 5.60. The van der Waals surface area contributed by atoms with Gasteiger partial charge in [-0.05, 0) is 31.0 Å². The molecule has 0 radical (unpaired) electrons. The molecule has 0 aliphatic carbocycles. The zero-order valence-electron chi connectivity index (χ0n) is 8.50. The van der Waals surface area contributed by atoms with Gasteiger partial charge in [-0.3, -0.25) is 0 Å². The van der Waals surface area contributed by atoms with E-state index in [1.165, 1.54) is 0 Å². The van der Waals surface area contributed by atoms with Crippen LogP contribution in [0.25, 0.3) is 0 Å². The quantitative estimate of drug-likeness (QED) is 0.812. The van der Waals surface area contributed by atoms with E-state index >= 15 is 0 Å². The van der Waals surface area contributed by atoms with Crippen molar-refractivity contribution in [1.82, 2.24) is 4.72 Å². The highest BCUT2D eigenvalue weighted by Gasteiger charge is 2.04. The lowest BCUT2D eigenvalue weighted by Gasteiger charge is -2.05. The zero-order valence-corrected chi connectivity index (χ0v) is 10.9. The van der Waals surface area contributed by atoms with E-state index in [-0.39, 0.29) is 6.61 Å². The van der Waals surface area contributed by atoms with Gasteiger partial charge in [-0.2, -0.15) is 0 Å². The van der Waals surface area contributed by atoms with Gasteiger partial charge in [0.05, 0.1) is 4.90 Å². The average Bonchev–Trinajstić information content (AvgIpc) is 2.22. The lowest BCUT2D eigenvalue weighted by molar-refractivity contribution is 0.289. The lowest BCUT2D eigenvalue weighted by atomic mass is 10.2. The minimum absolute atomic E-state index is 0.113. The summed E-state index contributed by atoms with van der Waals surface area (Å²) in [4.78, 5) is 0.741. The third kappa shape index (κ3) is 4.03. The summed E-state index contributed by atoms with van der Waals surface area (Å²) >= 11 is 3.39. The maximum atomic E-state index is 11.7. The number of aliphatic hydroxyl groups excluding tert-OH is 1. The van der Waals surface area contributed by atoms with Crippen LogP contribution in [0.3, 0.4) is 0 Å². The van der Waals surface area contributed by atoms with Gasteiger partial charge in [0.15, 0.2) is 0 Å². The van der Waals surface area contributed by atoms with E-state index in [1.54, 1.807) is 0 Å². The summed E-state index contributed by atoms with van der Waals surface area (Å²) in [6.07, 6.45) is 0.610. The van der Waals surface area contributed by atoms with Crippen molar-refractivity contribution < 1.29 is 9.32 Å². The van der Waals surface area contributed by atoms with Gasteiger partial charge in [-0.15, -0.1) is 0 Å². The Morgan fingerprint density at radius 3 is 2.87 bits per heavy atom. The van der Waals surface area contributed by atoms with Crippen LogP contribution < -0.4 is 4.72 Å². The number of aryl methyl sites for hydroxylation is 1. The van der Waals surface area contributed by atoms with Gasteiger partial charge in [0.1, 0.15) is 11.0 Å². The van der Waals surface area contributed by atoms with Crippen molar-refractivity contribution in [3.63, 3.8) is 0 Å². The SMILES string of the molecule is Cc1ccc(S(=O)NCCCO)cc1Br. The first-order valence-electron chi connectivity index (χ1n) is 4.67. The van der Waals surface area contributed by atoms with Gasteiger partial charge in [-0.25, -0.2) is 8.93 Å². The van der Waals surface area contributed by atoms with E-state index in [4.69, 9.17) is 5.11 Å². The van der Waals surface area contributed by atoms with E-state index in [1.807, 2.05) is 25.1 Å². The third-order valence-electron chi connectivity index (χ3n) is 1.93. The molecule has 1 atom stereocenters. The van der Waals surface area contributed by atoms with Crippen molar-refractivity contribution >= 4 is 26.9 Å². The van der Waals surface area contributed by atoms with Gasteiger partial charge in [0.25, 0.3) is 0 Å². The first-order chi connectivity index (χ1) is 7.15. The molecule has 0 spiro atoms. The zero-order chi connectivity index (χ0) is 11.3. The molecule has 15 heavy (non-hydrogen) atoms. The Kier molecular flexibility index (Phi) is 5.45. The molecule has 0 aromatic heterocycles. The third-order valence-corrected chi connectivity index (χ3v) is 3.93. The van der Waals surface area contributed by atoms with Gasteiger partial charge < -0.3 is 5.11 Å². The number of rotatable bonds is 5. The lowest BCUT2D eigenvalue weighted by Crippen LogP contribution is -2.19. The van der Waals surface area contributed by atoms with Crippen molar-refractivity contribution in [1.29, 1.82) is 0 Å². The minimum Gasteiger partial charge on any atom is -0.396 e. The molecular weight excluding hydrogens is 278 g/mol. The molecule has 84 valence electrons. The van der Waals surface area contributed by atoms with Crippen LogP contribution in [-0.2, 0) is 11.0 Å². The Morgan fingerprint density at radius 1 is 1.53 bits per heavy atom. The fraction of sp³-hybridized carbons (Fsp3) is 0.400. The highest BCUT2D eigenvalue weighted by molar-refractivity contribution is 9.10. The second-order valence-electron chi connectivity index (χ2n) is 3.15. The molecule has 0 heterocycles. The van der Waals surface area contributed by atoms with E-state index in [9.17, 15) is 4.21 Å². The van der Waals surface area contributed by atoms with Crippen LogP contribution in [0, 0.1) is 6.92 Å². The smallest absolute Gasteiger partial charge is 0.124 e. The Labute approximate surface area is 101 Å². The van der Waals surface area contributed by atoms with E-state index in [0.29, 0.717) is 13.0 Å². The van der Waals surface area contributed by atoms with Crippen LogP contribution in [0.1, 0.15) is 12.0 Å². The molecule has 5 heteroatoms. The number of nitrogens with one attached hydrogen (secondary N) is 1. The summed E-state index contributed by atoms with van der Waals surface area (Å²) in [5, 5.41) is 8.58. The first-order valence-corrected chi connectivity index (χ1v) is 6.61. The predicted octanol–water partition coefficient (Wildman–Crippen LogP) is 1.75. The van der Waals surface area contributed by atoms with E-state index < -0.39 is 11.0 Å². The summed E-state index contributed by atoms with van der Waals surface area (Å²) < 4.78 is 15.5. The number of halogens is 1. The first kappa shape index (κ1) is 12.8. The predicted molar refractivity (Wildman–Crippen MR) is 65.0 cm³/mol. The molecule has 0 aliphatic heterocycles. The van der Waals surface area contributed by atoms with E-state index in [0.717, 1.165) is 14.9 Å². The average molecular weight is 292 g/mol. The number of hydrogen-bond donors (Lipinski definition) is 2. The molecular formula is C10H14BrNO2S. The van der Waals surface area contributed by atoms with Crippen molar-refractivity contribution in [2.24, 2.45) is 0 Å². The maximum Gasteiger partial charge on any atom is 0.124 e. The minimum atomic E-state index is -1.19. The molecule has 1 aromatic rings. The fourth-order valence-electron chi connectivity index (χ4n) is 1.02.